The first-order valence-electron chi connectivity index (χ1n) is 17.6. The van der Waals surface area contributed by atoms with E-state index in [1.807, 2.05) is 0 Å². The number of hydrogen-bond donors (Lipinski definition) is 3. The number of ether oxygens (including phenoxy) is 1. The molecular formula is C34H54FN6O6P. The smallest absolute Gasteiger partial charge is 0.404 e. The first kappa shape index (κ1) is 38.1. The summed E-state index contributed by atoms with van der Waals surface area (Å²) in [6, 6.07) is 7.56. The zero-order valence-electron chi connectivity index (χ0n) is 28.7. The summed E-state index contributed by atoms with van der Waals surface area (Å²) >= 11 is 0. The highest BCUT2D eigenvalue weighted by molar-refractivity contribution is 7.48. The third-order valence-electron chi connectivity index (χ3n) is 8.93. The Labute approximate surface area is 284 Å². The fraction of sp³-hybridized carbons (Fsp3) is 0.706. The molecule has 1 fully saturated rings. The van der Waals surface area contributed by atoms with Gasteiger partial charge in [0.1, 0.15) is 35.8 Å². The lowest BCUT2D eigenvalue weighted by atomic mass is 9.89. The molecule has 1 saturated heterocycles. The number of phosphoric ester groups is 1. The van der Waals surface area contributed by atoms with Crippen LogP contribution in [0.1, 0.15) is 115 Å². The van der Waals surface area contributed by atoms with E-state index in [1.165, 1.54) is 71.1 Å². The third kappa shape index (κ3) is 10.6. The molecule has 0 saturated carbocycles. The van der Waals surface area contributed by atoms with Gasteiger partial charge in [0, 0.05) is 7.05 Å². The Balaban J connectivity index is 1.24. The van der Waals surface area contributed by atoms with Crippen LogP contribution in [0.25, 0.3) is 0 Å². The molecule has 1 aromatic carbocycles. The molecule has 6 atom stereocenters. The van der Waals surface area contributed by atoms with Crippen molar-refractivity contribution in [3.63, 3.8) is 0 Å². The molecule has 2 aliphatic rings. The predicted octanol–water partition coefficient (Wildman–Crippen LogP) is 8.80. The van der Waals surface area contributed by atoms with Crippen LogP contribution in [-0.2, 0) is 18.3 Å². The van der Waals surface area contributed by atoms with Gasteiger partial charge in [0.05, 0.1) is 13.2 Å². The molecule has 4 N–H and O–H groups in total. The number of azo groups is 1. The summed E-state index contributed by atoms with van der Waals surface area (Å²) in [5.74, 6) is 0.602. The average molecular weight is 693 g/mol. The number of phosphoric acid groups is 1. The van der Waals surface area contributed by atoms with E-state index < -0.39 is 44.5 Å². The maximum absolute atomic E-state index is 16.1. The number of halogens is 1. The fourth-order valence-corrected chi connectivity index (χ4v) is 7.37. The van der Waals surface area contributed by atoms with Gasteiger partial charge < -0.3 is 25.4 Å². The molecule has 2 aliphatic heterocycles. The van der Waals surface area contributed by atoms with E-state index in [9.17, 15) is 9.67 Å². The number of alkyl halides is 1. The molecule has 1 aromatic heterocycles. The van der Waals surface area contributed by atoms with Crippen LogP contribution < -0.4 is 15.6 Å². The summed E-state index contributed by atoms with van der Waals surface area (Å²) in [5, 5.41) is 22.1. The molecule has 48 heavy (non-hydrogen) atoms. The average Bonchev–Trinajstić information content (AvgIpc) is 3.58. The Kier molecular flexibility index (Phi) is 15.0. The number of nitrogen functional groups attached to an aromatic ring is 1. The van der Waals surface area contributed by atoms with E-state index in [4.69, 9.17) is 24.0 Å². The van der Waals surface area contributed by atoms with Gasteiger partial charge in [-0.2, -0.15) is 10.1 Å². The van der Waals surface area contributed by atoms with Gasteiger partial charge in [0.2, 0.25) is 5.95 Å². The lowest BCUT2D eigenvalue weighted by Gasteiger charge is -2.26. The van der Waals surface area contributed by atoms with Crippen LogP contribution in [0.3, 0.4) is 0 Å². The number of aliphatic hydroxyl groups is 1. The SMILES string of the molecule is CCCCCCCCCCCCCCCCOP(=O)(OCC1OC(C2N=Nc3c(NC)nc(N)nc32)C(C)(F)C1O)Oc1ccccc1. The summed E-state index contributed by atoms with van der Waals surface area (Å²) < 4.78 is 52.9. The van der Waals surface area contributed by atoms with E-state index in [-0.39, 0.29) is 18.2 Å². The van der Waals surface area contributed by atoms with Crippen molar-refractivity contribution in [1.82, 2.24) is 9.97 Å². The van der Waals surface area contributed by atoms with E-state index in [0.29, 0.717) is 23.7 Å². The predicted molar refractivity (Wildman–Crippen MR) is 184 cm³/mol. The number of hydrogen-bond acceptors (Lipinski definition) is 12. The van der Waals surface area contributed by atoms with Gasteiger partial charge in [-0.1, -0.05) is 109 Å². The van der Waals surface area contributed by atoms with Gasteiger partial charge in [-0.25, -0.2) is 13.9 Å². The summed E-state index contributed by atoms with van der Waals surface area (Å²) in [7, 11) is -2.52. The highest BCUT2D eigenvalue weighted by Gasteiger charge is 2.59. The maximum Gasteiger partial charge on any atom is 0.530 e. The van der Waals surface area contributed by atoms with Crippen molar-refractivity contribution < 1.29 is 32.4 Å². The lowest BCUT2D eigenvalue weighted by Crippen LogP contribution is -2.43. The standard InChI is InChI=1S/C34H54FN6O6P/c1-4-5-6-7-8-9-10-11-12-13-14-15-16-20-23-44-48(43,47-25-21-18-17-19-22-25)45-24-26-30(42)34(2,35)31(46-26)28-27-29(41-40-28)32(37-3)39-33(36)38-27/h17-19,21-22,26,28,30-31,42H,4-16,20,23-24H2,1-3H3,(H3,36,37,38,39). The number of nitrogens with two attached hydrogens (primary N) is 1. The zero-order chi connectivity index (χ0) is 34.4. The van der Waals surface area contributed by atoms with Crippen LogP contribution in [0.4, 0.5) is 21.8 Å². The molecule has 12 nitrogen and oxygen atoms in total. The molecule has 2 aromatic rings. The highest BCUT2D eigenvalue weighted by atomic mass is 31.2. The third-order valence-corrected chi connectivity index (χ3v) is 10.3. The summed E-state index contributed by atoms with van der Waals surface area (Å²) in [6.45, 7) is 3.17. The first-order chi connectivity index (χ1) is 23.2. The molecule has 3 heterocycles. The number of unbranched alkanes of at least 4 members (excludes halogenated alkanes) is 13. The van der Waals surface area contributed by atoms with E-state index in [1.54, 1.807) is 37.4 Å². The number of rotatable bonds is 23. The van der Waals surface area contributed by atoms with Crippen LogP contribution in [0.5, 0.6) is 5.75 Å². The molecule has 14 heteroatoms. The quantitative estimate of drug-likeness (QED) is 0.0758. The minimum Gasteiger partial charge on any atom is -0.404 e. The van der Waals surface area contributed by atoms with Gasteiger partial charge >= 0.3 is 7.82 Å². The van der Waals surface area contributed by atoms with E-state index >= 15 is 4.39 Å². The lowest BCUT2D eigenvalue weighted by molar-refractivity contribution is -0.0319. The second kappa shape index (κ2) is 18.9. The second-order valence-corrected chi connectivity index (χ2v) is 14.4. The number of anilines is 2. The van der Waals surface area contributed by atoms with Gasteiger partial charge in [0.25, 0.3) is 0 Å². The van der Waals surface area contributed by atoms with Gasteiger partial charge in [-0.05, 0) is 25.5 Å². The Bertz CT molecular complexity index is 1340. The van der Waals surface area contributed by atoms with Crippen LogP contribution in [0.15, 0.2) is 40.6 Å². The number of aromatic nitrogens is 2. The fourth-order valence-electron chi connectivity index (χ4n) is 6.13. The molecule has 268 valence electrons. The summed E-state index contributed by atoms with van der Waals surface area (Å²) in [4.78, 5) is 8.31. The largest absolute Gasteiger partial charge is 0.530 e. The molecule has 0 spiro atoms. The molecule has 0 radical (unpaired) electrons. The van der Waals surface area contributed by atoms with Gasteiger partial charge in [-0.15, -0.1) is 5.11 Å². The Morgan fingerprint density at radius 1 is 0.958 bits per heavy atom. The normalized spacial score (nSPS) is 24.4. The van der Waals surface area contributed by atoms with Crippen molar-refractivity contribution in [2.24, 2.45) is 10.2 Å². The van der Waals surface area contributed by atoms with Crippen molar-refractivity contribution in [3.8, 4) is 5.75 Å². The Hall–Kier alpha value is -2.70. The molecule has 0 amide bonds. The zero-order valence-corrected chi connectivity index (χ0v) is 29.6. The number of nitrogens with one attached hydrogen (secondary N) is 1. The number of para-hydroxylation sites is 1. The van der Waals surface area contributed by atoms with E-state index in [2.05, 4.69) is 32.4 Å². The maximum atomic E-state index is 16.1. The molecule has 0 bridgehead atoms. The second-order valence-electron chi connectivity index (χ2n) is 12.8. The number of nitrogens with zero attached hydrogens (tertiary/aromatic N) is 4. The van der Waals surface area contributed by atoms with Crippen molar-refractivity contribution in [3.05, 3.63) is 36.0 Å². The topological polar surface area (TPSA) is 163 Å². The van der Waals surface area contributed by atoms with Gasteiger partial charge in [-0.3, -0.25) is 9.05 Å². The van der Waals surface area contributed by atoms with E-state index in [0.717, 1.165) is 19.3 Å². The van der Waals surface area contributed by atoms with Crippen LogP contribution in [0.2, 0.25) is 0 Å². The van der Waals surface area contributed by atoms with Crippen LogP contribution in [-0.4, -0.2) is 59.3 Å². The Morgan fingerprint density at radius 2 is 1.56 bits per heavy atom. The minimum absolute atomic E-state index is 0.0376. The molecular weight excluding hydrogens is 638 g/mol. The monoisotopic (exact) mass is 692 g/mol. The minimum atomic E-state index is -4.16. The molecule has 0 aliphatic carbocycles. The summed E-state index contributed by atoms with van der Waals surface area (Å²) in [5.41, 5.74) is 4.18. The highest BCUT2D eigenvalue weighted by Crippen LogP contribution is 2.52. The number of aliphatic hydroxyl groups excluding tert-OH is 1. The van der Waals surface area contributed by atoms with Crippen molar-refractivity contribution in [2.45, 2.75) is 134 Å². The molecule has 6 unspecified atom stereocenters. The van der Waals surface area contributed by atoms with Crippen LogP contribution >= 0.6 is 7.82 Å². The Morgan fingerprint density at radius 3 is 2.17 bits per heavy atom. The number of benzene rings is 1. The van der Waals surface area contributed by atoms with Crippen molar-refractivity contribution in [2.75, 3.05) is 31.3 Å². The number of fused-ring (bicyclic) bond motifs is 1. The molecule has 4 rings (SSSR count). The van der Waals surface area contributed by atoms with Crippen LogP contribution in [0, 0.1) is 0 Å². The first-order valence-corrected chi connectivity index (χ1v) is 19.1. The van der Waals surface area contributed by atoms with Crippen molar-refractivity contribution >= 4 is 25.3 Å². The van der Waals surface area contributed by atoms with Gasteiger partial charge in [0.15, 0.2) is 17.2 Å². The van der Waals surface area contributed by atoms with Crippen molar-refractivity contribution in [1.29, 1.82) is 0 Å². The summed E-state index contributed by atoms with van der Waals surface area (Å²) in [6.07, 6.45) is 12.9.